The Kier molecular flexibility index (Phi) is 3.08. The third-order valence-electron chi connectivity index (χ3n) is 3.73. The van der Waals surface area contributed by atoms with Gasteiger partial charge in [0, 0.05) is 17.8 Å². The first-order valence-corrected chi connectivity index (χ1v) is 6.73. The quantitative estimate of drug-likeness (QED) is 0.758. The fourth-order valence-electron chi connectivity index (χ4n) is 2.70. The molecule has 0 saturated carbocycles. The number of benzene rings is 2. The third-order valence-corrected chi connectivity index (χ3v) is 3.73. The van der Waals surface area contributed by atoms with Gasteiger partial charge in [-0.1, -0.05) is 36.4 Å². The maximum atomic E-state index is 12.7. The summed E-state index contributed by atoms with van der Waals surface area (Å²) in [5.41, 5.74) is 4.19. The van der Waals surface area contributed by atoms with E-state index < -0.39 is 0 Å². The number of aryl methyl sites for hydroxylation is 2. The van der Waals surface area contributed by atoms with Crippen molar-refractivity contribution in [2.75, 3.05) is 11.4 Å². The van der Waals surface area contributed by atoms with Gasteiger partial charge in [0.15, 0.2) is 0 Å². The predicted octanol–water partition coefficient (Wildman–Crippen LogP) is 3.59. The number of carbonyl (C=O) groups is 1. The average molecular weight is 251 g/mol. The van der Waals surface area contributed by atoms with Gasteiger partial charge in [0.05, 0.1) is 0 Å². The van der Waals surface area contributed by atoms with Gasteiger partial charge < -0.3 is 4.90 Å². The van der Waals surface area contributed by atoms with Crippen molar-refractivity contribution in [2.24, 2.45) is 0 Å². The lowest BCUT2D eigenvalue weighted by molar-refractivity contribution is 0.0984. The van der Waals surface area contributed by atoms with E-state index in [-0.39, 0.29) is 5.91 Å². The van der Waals surface area contributed by atoms with Crippen molar-refractivity contribution in [3.8, 4) is 0 Å². The Morgan fingerprint density at radius 2 is 1.79 bits per heavy atom. The topological polar surface area (TPSA) is 20.3 Å². The van der Waals surface area contributed by atoms with Gasteiger partial charge in [-0.05, 0) is 43.0 Å². The summed E-state index contributed by atoms with van der Waals surface area (Å²) in [6, 6.07) is 16.0. The molecule has 0 saturated heterocycles. The summed E-state index contributed by atoms with van der Waals surface area (Å²) < 4.78 is 0. The first-order valence-electron chi connectivity index (χ1n) is 6.73. The maximum Gasteiger partial charge on any atom is 0.258 e. The smallest absolute Gasteiger partial charge is 0.258 e. The summed E-state index contributed by atoms with van der Waals surface area (Å²) in [5.74, 6) is 0.116. The van der Waals surface area contributed by atoms with Gasteiger partial charge in [-0.3, -0.25) is 4.79 Å². The minimum absolute atomic E-state index is 0.116. The van der Waals surface area contributed by atoms with E-state index in [0.717, 1.165) is 36.2 Å². The van der Waals surface area contributed by atoms with Crippen LogP contribution in [0.1, 0.15) is 27.9 Å². The summed E-state index contributed by atoms with van der Waals surface area (Å²) in [6.45, 7) is 2.80. The Balaban J connectivity index is 2.00. The summed E-state index contributed by atoms with van der Waals surface area (Å²) in [6.07, 6.45) is 2.10. The predicted molar refractivity (Wildman–Crippen MR) is 77.6 cm³/mol. The number of nitrogens with zero attached hydrogens (tertiary/aromatic N) is 1. The van der Waals surface area contributed by atoms with Gasteiger partial charge in [-0.15, -0.1) is 0 Å². The highest BCUT2D eigenvalue weighted by Crippen LogP contribution is 2.28. The molecule has 0 fully saturated rings. The van der Waals surface area contributed by atoms with Crippen LogP contribution in [0.2, 0.25) is 0 Å². The van der Waals surface area contributed by atoms with Crippen LogP contribution in [0.4, 0.5) is 5.69 Å². The molecule has 0 N–H and O–H groups in total. The molecule has 1 amide bonds. The molecule has 0 spiro atoms. The van der Waals surface area contributed by atoms with Gasteiger partial charge in [0.1, 0.15) is 0 Å². The van der Waals surface area contributed by atoms with Gasteiger partial charge >= 0.3 is 0 Å². The van der Waals surface area contributed by atoms with E-state index >= 15 is 0 Å². The van der Waals surface area contributed by atoms with Crippen molar-refractivity contribution < 1.29 is 4.79 Å². The largest absolute Gasteiger partial charge is 0.308 e. The van der Waals surface area contributed by atoms with Crippen molar-refractivity contribution in [1.29, 1.82) is 0 Å². The zero-order chi connectivity index (χ0) is 13.2. The van der Waals surface area contributed by atoms with Crippen molar-refractivity contribution in [2.45, 2.75) is 19.8 Å². The monoisotopic (exact) mass is 251 g/mol. The number of rotatable bonds is 1. The Bertz CT molecular complexity index is 618. The van der Waals surface area contributed by atoms with E-state index in [4.69, 9.17) is 0 Å². The fraction of sp³-hybridized carbons (Fsp3) is 0.235. The van der Waals surface area contributed by atoms with Crippen molar-refractivity contribution >= 4 is 11.6 Å². The van der Waals surface area contributed by atoms with Crippen LogP contribution in [0.3, 0.4) is 0 Å². The molecule has 0 aromatic heterocycles. The molecule has 2 heteroatoms. The Morgan fingerprint density at radius 3 is 2.63 bits per heavy atom. The van der Waals surface area contributed by atoms with Gasteiger partial charge in [-0.2, -0.15) is 0 Å². The minimum Gasteiger partial charge on any atom is -0.308 e. The Labute approximate surface area is 113 Å². The third kappa shape index (κ3) is 2.14. The lowest BCUT2D eigenvalue weighted by Crippen LogP contribution is -2.35. The van der Waals surface area contributed by atoms with Gasteiger partial charge in [0.2, 0.25) is 0 Å². The van der Waals surface area contributed by atoms with E-state index in [1.807, 2.05) is 54.3 Å². The maximum absolute atomic E-state index is 12.7. The summed E-state index contributed by atoms with van der Waals surface area (Å²) >= 11 is 0. The van der Waals surface area contributed by atoms with E-state index in [9.17, 15) is 4.79 Å². The zero-order valence-electron chi connectivity index (χ0n) is 11.1. The molecule has 2 nitrogen and oxygen atoms in total. The van der Waals surface area contributed by atoms with Crippen LogP contribution < -0.4 is 4.90 Å². The second kappa shape index (κ2) is 4.88. The van der Waals surface area contributed by atoms with E-state index in [0.29, 0.717) is 0 Å². The minimum atomic E-state index is 0.116. The van der Waals surface area contributed by atoms with Gasteiger partial charge in [-0.25, -0.2) is 0 Å². The molecule has 1 heterocycles. The van der Waals surface area contributed by atoms with E-state index in [1.165, 1.54) is 5.56 Å². The first-order chi connectivity index (χ1) is 9.27. The number of amides is 1. The van der Waals surface area contributed by atoms with Crippen LogP contribution >= 0.6 is 0 Å². The number of fused-ring (bicyclic) bond motifs is 1. The second-order valence-corrected chi connectivity index (χ2v) is 5.00. The lowest BCUT2D eigenvalue weighted by Gasteiger charge is -2.29. The summed E-state index contributed by atoms with van der Waals surface area (Å²) in [4.78, 5) is 14.6. The number of hydrogen-bond donors (Lipinski definition) is 0. The highest BCUT2D eigenvalue weighted by molar-refractivity contribution is 6.07. The van der Waals surface area contributed by atoms with E-state index in [2.05, 4.69) is 6.07 Å². The molecular weight excluding hydrogens is 234 g/mol. The van der Waals surface area contributed by atoms with Crippen LogP contribution in [-0.4, -0.2) is 12.5 Å². The molecular formula is C17H17NO. The molecule has 0 atom stereocenters. The molecule has 2 aromatic rings. The number of anilines is 1. The summed E-state index contributed by atoms with van der Waals surface area (Å²) in [7, 11) is 0. The molecule has 1 aliphatic heterocycles. The molecule has 19 heavy (non-hydrogen) atoms. The zero-order valence-corrected chi connectivity index (χ0v) is 11.1. The first kappa shape index (κ1) is 12.0. The van der Waals surface area contributed by atoms with Crippen LogP contribution in [0.5, 0.6) is 0 Å². The molecule has 1 aliphatic rings. The highest BCUT2D eigenvalue weighted by atomic mass is 16.2. The lowest BCUT2D eigenvalue weighted by atomic mass is 10.00. The van der Waals surface area contributed by atoms with Crippen LogP contribution in [0.15, 0.2) is 48.5 Å². The van der Waals surface area contributed by atoms with Crippen LogP contribution in [0.25, 0.3) is 0 Å². The van der Waals surface area contributed by atoms with Crippen LogP contribution in [-0.2, 0) is 6.42 Å². The number of carbonyl (C=O) groups excluding carboxylic acids is 1. The number of hydrogen-bond acceptors (Lipinski definition) is 1. The average Bonchev–Trinajstić information content (AvgIpc) is 2.46. The molecule has 0 unspecified atom stereocenters. The van der Waals surface area contributed by atoms with E-state index in [1.54, 1.807) is 0 Å². The van der Waals surface area contributed by atoms with Gasteiger partial charge in [0.25, 0.3) is 5.91 Å². The highest BCUT2D eigenvalue weighted by Gasteiger charge is 2.23. The molecule has 0 bridgehead atoms. The Hall–Kier alpha value is -2.09. The molecule has 2 aromatic carbocycles. The molecule has 0 aliphatic carbocycles. The normalized spacial score (nSPS) is 14.1. The van der Waals surface area contributed by atoms with Crippen molar-refractivity contribution in [1.82, 2.24) is 0 Å². The molecule has 3 rings (SSSR count). The van der Waals surface area contributed by atoms with Crippen LogP contribution in [0, 0.1) is 6.92 Å². The molecule has 96 valence electrons. The van der Waals surface area contributed by atoms with Crippen molar-refractivity contribution in [3.05, 3.63) is 65.2 Å². The second-order valence-electron chi connectivity index (χ2n) is 5.00. The fourth-order valence-corrected chi connectivity index (χ4v) is 2.70. The number of para-hydroxylation sites is 1. The summed E-state index contributed by atoms with van der Waals surface area (Å²) in [5, 5.41) is 0. The SMILES string of the molecule is Cc1ccccc1C(=O)N1CCCc2ccccc21. The molecule has 0 radical (unpaired) electrons. The van der Waals surface area contributed by atoms with Crippen molar-refractivity contribution in [3.63, 3.8) is 0 Å². The standard InChI is InChI=1S/C17H17NO/c1-13-7-2-4-10-15(13)17(19)18-12-6-9-14-8-3-5-11-16(14)18/h2-5,7-8,10-11H,6,9,12H2,1H3. The Morgan fingerprint density at radius 1 is 1.05 bits per heavy atom.